The van der Waals surface area contributed by atoms with Crippen LogP contribution in [0.4, 0.5) is 0 Å². The van der Waals surface area contributed by atoms with Crippen molar-refractivity contribution in [1.29, 1.82) is 0 Å². The first-order valence-electron chi connectivity index (χ1n) is 8.09. The zero-order chi connectivity index (χ0) is 16.3. The van der Waals surface area contributed by atoms with Gasteiger partial charge in [-0.05, 0) is 43.5 Å². The number of rotatable bonds is 5. The highest BCUT2D eigenvalue weighted by molar-refractivity contribution is 5.31. The van der Waals surface area contributed by atoms with Gasteiger partial charge in [0.1, 0.15) is 18.0 Å². The molecule has 1 fully saturated rings. The molecule has 2 aromatic rings. The monoisotopic (exact) mass is 312 g/mol. The lowest BCUT2D eigenvalue weighted by molar-refractivity contribution is 0.00319. The number of ether oxygens (including phenoxy) is 1. The molecule has 122 valence electrons. The van der Waals surface area contributed by atoms with Gasteiger partial charge in [0.25, 0.3) is 0 Å². The number of aromatic nitrogens is 1. The Labute approximate surface area is 137 Å². The summed E-state index contributed by atoms with van der Waals surface area (Å²) in [6.07, 6.45) is 2.65. The Morgan fingerprint density at radius 1 is 1.22 bits per heavy atom. The molecular weight excluding hydrogens is 288 g/mol. The van der Waals surface area contributed by atoms with Crippen LogP contribution in [0.3, 0.4) is 0 Å². The first-order valence-corrected chi connectivity index (χ1v) is 8.09. The average molecular weight is 312 g/mol. The summed E-state index contributed by atoms with van der Waals surface area (Å²) >= 11 is 0. The van der Waals surface area contributed by atoms with Crippen molar-refractivity contribution in [2.45, 2.75) is 32.4 Å². The second-order valence-corrected chi connectivity index (χ2v) is 6.55. The number of benzene rings is 1. The average Bonchev–Trinajstić information content (AvgIpc) is 2.90. The van der Waals surface area contributed by atoms with E-state index in [2.05, 4.69) is 16.0 Å². The van der Waals surface area contributed by atoms with Gasteiger partial charge in [-0.3, -0.25) is 9.88 Å². The normalized spacial score (nSPS) is 21.5. The SMILES string of the molecule is Cc1ccc(CN2CC[C@](O)(COc3ccccc3C)C2)cn1. The Morgan fingerprint density at radius 2 is 2.04 bits per heavy atom. The topological polar surface area (TPSA) is 45.6 Å². The molecule has 1 atom stereocenters. The molecular formula is C19H24N2O2. The van der Waals surface area contributed by atoms with Crippen molar-refractivity contribution in [2.75, 3.05) is 19.7 Å². The molecule has 0 amide bonds. The first kappa shape index (κ1) is 16.0. The predicted octanol–water partition coefficient (Wildman–Crippen LogP) is 2.71. The third-order valence-corrected chi connectivity index (χ3v) is 4.38. The number of aliphatic hydroxyl groups is 1. The molecule has 1 saturated heterocycles. The number of likely N-dealkylation sites (tertiary alicyclic amines) is 1. The van der Waals surface area contributed by atoms with Gasteiger partial charge >= 0.3 is 0 Å². The van der Waals surface area contributed by atoms with Crippen molar-refractivity contribution in [3.05, 3.63) is 59.4 Å². The summed E-state index contributed by atoms with van der Waals surface area (Å²) in [7, 11) is 0. The van der Waals surface area contributed by atoms with Crippen LogP contribution in [0, 0.1) is 13.8 Å². The fraction of sp³-hybridized carbons (Fsp3) is 0.421. The first-order chi connectivity index (χ1) is 11.0. The maximum atomic E-state index is 10.8. The molecule has 1 aromatic carbocycles. The van der Waals surface area contributed by atoms with Crippen LogP contribution >= 0.6 is 0 Å². The molecule has 0 radical (unpaired) electrons. The highest BCUT2D eigenvalue weighted by Gasteiger charge is 2.36. The highest BCUT2D eigenvalue weighted by Crippen LogP contribution is 2.25. The molecule has 4 nitrogen and oxygen atoms in total. The van der Waals surface area contributed by atoms with Crippen LogP contribution in [0.25, 0.3) is 0 Å². The minimum Gasteiger partial charge on any atom is -0.490 e. The summed E-state index contributed by atoms with van der Waals surface area (Å²) in [5.41, 5.74) is 2.52. The number of nitrogens with zero attached hydrogens (tertiary/aromatic N) is 2. The Morgan fingerprint density at radius 3 is 2.78 bits per heavy atom. The second-order valence-electron chi connectivity index (χ2n) is 6.55. The van der Waals surface area contributed by atoms with Gasteiger partial charge in [-0.25, -0.2) is 0 Å². The van der Waals surface area contributed by atoms with Crippen LogP contribution in [0.2, 0.25) is 0 Å². The van der Waals surface area contributed by atoms with Crippen LogP contribution in [-0.2, 0) is 6.54 Å². The molecule has 1 aliphatic heterocycles. The van der Waals surface area contributed by atoms with Crippen LogP contribution in [0.1, 0.15) is 23.2 Å². The van der Waals surface area contributed by atoms with Gasteiger partial charge in [-0.2, -0.15) is 0 Å². The standard InChI is InChI=1S/C19H24N2O2/c1-15-5-3-4-6-18(15)23-14-19(22)9-10-21(13-19)12-17-8-7-16(2)20-11-17/h3-8,11,22H,9-10,12-14H2,1-2H3/t19-/m1/s1. The molecule has 2 heterocycles. The summed E-state index contributed by atoms with van der Waals surface area (Å²) in [5.74, 6) is 0.849. The van der Waals surface area contributed by atoms with Crippen LogP contribution in [-0.4, -0.2) is 40.3 Å². The summed E-state index contributed by atoms with van der Waals surface area (Å²) in [5, 5.41) is 10.8. The highest BCUT2D eigenvalue weighted by atomic mass is 16.5. The number of hydrogen-bond donors (Lipinski definition) is 1. The Kier molecular flexibility index (Phi) is 4.64. The van der Waals surface area contributed by atoms with E-state index < -0.39 is 5.60 Å². The van der Waals surface area contributed by atoms with Crippen LogP contribution < -0.4 is 4.74 Å². The van der Waals surface area contributed by atoms with E-state index in [4.69, 9.17) is 4.74 Å². The van der Waals surface area contributed by atoms with E-state index in [0.29, 0.717) is 13.2 Å². The summed E-state index contributed by atoms with van der Waals surface area (Å²) in [6, 6.07) is 12.0. The van der Waals surface area contributed by atoms with E-state index in [9.17, 15) is 5.11 Å². The van der Waals surface area contributed by atoms with Crippen molar-refractivity contribution < 1.29 is 9.84 Å². The number of pyridine rings is 1. The molecule has 1 aliphatic rings. The van der Waals surface area contributed by atoms with Crippen LogP contribution in [0.15, 0.2) is 42.6 Å². The lowest BCUT2D eigenvalue weighted by atomic mass is 10.1. The third kappa shape index (κ3) is 4.09. The van der Waals surface area contributed by atoms with Crippen molar-refractivity contribution in [3.8, 4) is 5.75 Å². The summed E-state index contributed by atoms with van der Waals surface area (Å²) in [6.45, 7) is 6.67. The summed E-state index contributed by atoms with van der Waals surface area (Å²) < 4.78 is 5.85. The molecule has 0 aliphatic carbocycles. The number of hydrogen-bond acceptors (Lipinski definition) is 4. The smallest absolute Gasteiger partial charge is 0.122 e. The minimum atomic E-state index is -0.777. The van der Waals surface area contributed by atoms with Gasteiger partial charge in [-0.1, -0.05) is 24.3 Å². The lowest BCUT2D eigenvalue weighted by Crippen LogP contribution is -2.39. The minimum absolute atomic E-state index is 0.334. The fourth-order valence-corrected chi connectivity index (χ4v) is 2.97. The zero-order valence-electron chi connectivity index (χ0n) is 13.8. The van der Waals surface area contributed by atoms with Gasteiger partial charge < -0.3 is 9.84 Å². The van der Waals surface area contributed by atoms with Crippen molar-refractivity contribution in [1.82, 2.24) is 9.88 Å². The van der Waals surface area contributed by atoms with Gasteiger partial charge in [0.2, 0.25) is 0 Å². The van der Waals surface area contributed by atoms with Gasteiger partial charge in [-0.15, -0.1) is 0 Å². The van der Waals surface area contributed by atoms with Gasteiger partial charge in [0, 0.05) is 31.5 Å². The summed E-state index contributed by atoms with van der Waals surface area (Å²) in [4.78, 5) is 6.59. The molecule has 23 heavy (non-hydrogen) atoms. The van der Waals surface area contributed by atoms with E-state index in [1.807, 2.05) is 50.4 Å². The molecule has 0 unspecified atom stereocenters. The van der Waals surface area contributed by atoms with Crippen molar-refractivity contribution in [3.63, 3.8) is 0 Å². The van der Waals surface area contributed by atoms with Crippen LogP contribution in [0.5, 0.6) is 5.75 Å². The van der Waals surface area contributed by atoms with E-state index in [1.54, 1.807) is 0 Å². The Balaban J connectivity index is 1.55. The van der Waals surface area contributed by atoms with E-state index in [-0.39, 0.29) is 0 Å². The molecule has 0 bridgehead atoms. The molecule has 0 spiro atoms. The maximum absolute atomic E-state index is 10.8. The molecule has 3 rings (SSSR count). The number of β-amino-alcohol motifs (C(OH)–C–C–N with tert-alkyl or cyclic N) is 1. The third-order valence-electron chi connectivity index (χ3n) is 4.38. The second kappa shape index (κ2) is 6.69. The van der Waals surface area contributed by atoms with E-state index in [0.717, 1.165) is 36.5 Å². The predicted molar refractivity (Wildman–Crippen MR) is 90.5 cm³/mol. The van der Waals surface area contributed by atoms with E-state index in [1.165, 1.54) is 5.56 Å². The van der Waals surface area contributed by atoms with E-state index >= 15 is 0 Å². The number of para-hydroxylation sites is 1. The molecule has 1 N–H and O–H groups in total. The number of aryl methyl sites for hydroxylation is 2. The van der Waals surface area contributed by atoms with Crippen molar-refractivity contribution >= 4 is 0 Å². The Bertz CT molecular complexity index is 657. The molecule has 4 heteroatoms. The van der Waals surface area contributed by atoms with Gasteiger partial charge in [0.05, 0.1) is 0 Å². The lowest BCUT2D eigenvalue weighted by Gasteiger charge is -2.24. The Hall–Kier alpha value is -1.91. The van der Waals surface area contributed by atoms with Gasteiger partial charge in [0.15, 0.2) is 0 Å². The fourth-order valence-electron chi connectivity index (χ4n) is 2.97. The quantitative estimate of drug-likeness (QED) is 0.922. The maximum Gasteiger partial charge on any atom is 0.122 e. The van der Waals surface area contributed by atoms with Crippen molar-refractivity contribution in [2.24, 2.45) is 0 Å². The largest absolute Gasteiger partial charge is 0.490 e. The molecule has 0 saturated carbocycles. The zero-order valence-corrected chi connectivity index (χ0v) is 13.8. The molecule has 1 aromatic heterocycles.